The number of ether oxygens (including phenoxy) is 2. The van der Waals surface area contributed by atoms with Gasteiger partial charge in [0.05, 0.1) is 0 Å². The second kappa shape index (κ2) is 6.65. The summed E-state index contributed by atoms with van der Waals surface area (Å²) in [5.74, 6) is -3.42. The number of hydrogen-bond acceptors (Lipinski definition) is 7. The van der Waals surface area contributed by atoms with Crippen LogP contribution in [0.1, 0.15) is 20.3 Å². The van der Waals surface area contributed by atoms with Crippen molar-refractivity contribution >= 4 is 29.7 Å². The average Bonchev–Trinajstić information content (AvgIpc) is 2.29. The third-order valence-electron chi connectivity index (χ3n) is 2.45. The molecule has 8 heteroatoms. The summed E-state index contributed by atoms with van der Waals surface area (Å²) in [7, 11) is 0. The molecule has 0 aromatic heterocycles. The lowest BCUT2D eigenvalue weighted by atomic mass is 10.2. The Balaban J connectivity index is 2.75. The van der Waals surface area contributed by atoms with Gasteiger partial charge < -0.3 is 19.9 Å². The highest BCUT2D eigenvalue weighted by Crippen LogP contribution is 2.22. The number of rotatable bonds is 6. The molecule has 1 rings (SSSR count). The number of hydrogen-bond donors (Lipinski definition) is 2. The predicted octanol–water partition coefficient (Wildman–Crippen LogP) is 0.502. The summed E-state index contributed by atoms with van der Waals surface area (Å²) >= 11 is 1.50. The van der Waals surface area contributed by atoms with E-state index in [2.05, 4.69) is 5.32 Å². The fourth-order valence-corrected chi connectivity index (χ4v) is 1.95. The lowest BCUT2D eigenvalue weighted by molar-refractivity contribution is -0.222. The molecule has 0 radical (unpaired) electrons. The maximum atomic E-state index is 11.6. The molecule has 1 aliphatic rings. The molecule has 20 heavy (non-hydrogen) atoms. The van der Waals surface area contributed by atoms with E-state index in [9.17, 15) is 14.4 Å². The molecule has 1 fully saturated rings. The molecule has 112 valence electrons. The van der Waals surface area contributed by atoms with Gasteiger partial charge >= 0.3 is 17.9 Å². The van der Waals surface area contributed by atoms with Crippen LogP contribution >= 0.6 is 11.8 Å². The molecule has 1 saturated heterocycles. The lowest BCUT2D eigenvalue weighted by Gasteiger charge is -2.29. The van der Waals surface area contributed by atoms with E-state index in [1.165, 1.54) is 25.6 Å². The molecule has 1 aliphatic heterocycles. The molecule has 0 aromatic rings. The SMILES string of the molecule is CSCC[C@@H](NC=C1C(=O)OC(C)(C)OC1=O)C(=O)O. The van der Waals surface area contributed by atoms with Crippen LogP contribution in [0.4, 0.5) is 0 Å². The molecule has 0 spiro atoms. The van der Waals surface area contributed by atoms with Crippen molar-refractivity contribution in [3.8, 4) is 0 Å². The number of carbonyl (C=O) groups is 3. The number of cyclic esters (lactones) is 2. The number of aliphatic carboxylic acids is 1. The second-order valence-electron chi connectivity index (χ2n) is 4.58. The first-order chi connectivity index (χ1) is 9.26. The van der Waals surface area contributed by atoms with Crippen molar-refractivity contribution in [3.63, 3.8) is 0 Å². The Labute approximate surface area is 120 Å². The average molecular weight is 303 g/mol. The Hall–Kier alpha value is -1.70. The van der Waals surface area contributed by atoms with Gasteiger partial charge in [-0.1, -0.05) is 0 Å². The summed E-state index contributed by atoms with van der Waals surface area (Å²) in [5.41, 5.74) is -0.347. The van der Waals surface area contributed by atoms with Crippen LogP contribution in [-0.2, 0) is 23.9 Å². The molecule has 1 heterocycles. The summed E-state index contributed by atoms with van der Waals surface area (Å²) in [6.45, 7) is 2.87. The maximum absolute atomic E-state index is 11.6. The predicted molar refractivity (Wildman–Crippen MR) is 71.9 cm³/mol. The van der Waals surface area contributed by atoms with Crippen molar-refractivity contribution in [2.24, 2.45) is 0 Å². The van der Waals surface area contributed by atoms with E-state index in [1.807, 2.05) is 6.26 Å². The van der Waals surface area contributed by atoms with Crippen LogP contribution in [0.3, 0.4) is 0 Å². The third-order valence-corrected chi connectivity index (χ3v) is 3.10. The molecule has 0 aromatic carbocycles. The van der Waals surface area contributed by atoms with Crippen LogP contribution in [0.25, 0.3) is 0 Å². The minimum atomic E-state index is -1.31. The number of esters is 2. The largest absolute Gasteiger partial charge is 0.480 e. The molecule has 1 atom stereocenters. The van der Waals surface area contributed by atoms with Gasteiger partial charge in [0.25, 0.3) is 5.79 Å². The Morgan fingerprint density at radius 2 is 1.95 bits per heavy atom. The fraction of sp³-hybridized carbons (Fsp3) is 0.583. The first-order valence-electron chi connectivity index (χ1n) is 5.91. The Morgan fingerprint density at radius 1 is 1.40 bits per heavy atom. The zero-order valence-corrected chi connectivity index (χ0v) is 12.3. The molecule has 2 N–H and O–H groups in total. The van der Waals surface area contributed by atoms with Gasteiger partial charge in [-0.25, -0.2) is 14.4 Å². The zero-order valence-electron chi connectivity index (χ0n) is 11.5. The minimum absolute atomic E-state index is 0.347. The quantitative estimate of drug-likeness (QED) is 0.415. The van der Waals surface area contributed by atoms with E-state index in [0.29, 0.717) is 12.2 Å². The van der Waals surface area contributed by atoms with Gasteiger partial charge in [0.15, 0.2) is 5.57 Å². The fourth-order valence-electron chi connectivity index (χ4n) is 1.48. The first kappa shape index (κ1) is 16.4. The number of thioether (sulfide) groups is 1. The topological polar surface area (TPSA) is 102 Å². The third kappa shape index (κ3) is 4.44. The van der Waals surface area contributed by atoms with Crippen molar-refractivity contribution in [3.05, 3.63) is 11.8 Å². The molecule has 0 unspecified atom stereocenters. The van der Waals surface area contributed by atoms with Crippen molar-refractivity contribution < 1.29 is 29.0 Å². The van der Waals surface area contributed by atoms with Gasteiger partial charge in [0.1, 0.15) is 6.04 Å². The van der Waals surface area contributed by atoms with E-state index < -0.39 is 29.7 Å². The monoisotopic (exact) mass is 303 g/mol. The first-order valence-corrected chi connectivity index (χ1v) is 7.31. The van der Waals surface area contributed by atoms with Gasteiger partial charge in [-0.3, -0.25) is 0 Å². The second-order valence-corrected chi connectivity index (χ2v) is 5.56. The van der Waals surface area contributed by atoms with Crippen molar-refractivity contribution in [1.29, 1.82) is 0 Å². The maximum Gasteiger partial charge on any atom is 0.350 e. The van der Waals surface area contributed by atoms with Crippen molar-refractivity contribution in [2.75, 3.05) is 12.0 Å². The van der Waals surface area contributed by atoms with Crippen LogP contribution in [0.2, 0.25) is 0 Å². The normalized spacial score (nSPS) is 18.9. The Morgan fingerprint density at radius 3 is 2.40 bits per heavy atom. The minimum Gasteiger partial charge on any atom is -0.480 e. The molecule has 0 saturated carbocycles. The van der Waals surface area contributed by atoms with Crippen molar-refractivity contribution in [1.82, 2.24) is 5.32 Å². The summed E-state index contributed by atoms with van der Waals surface area (Å²) in [4.78, 5) is 34.3. The smallest absolute Gasteiger partial charge is 0.350 e. The molecule has 7 nitrogen and oxygen atoms in total. The van der Waals surface area contributed by atoms with Gasteiger partial charge in [-0.05, 0) is 18.4 Å². The zero-order chi connectivity index (χ0) is 15.3. The lowest BCUT2D eigenvalue weighted by Crippen LogP contribution is -2.43. The summed E-state index contributed by atoms with van der Waals surface area (Å²) in [6.07, 6.45) is 3.25. The number of carbonyl (C=O) groups excluding carboxylic acids is 2. The van der Waals surface area contributed by atoms with E-state index in [4.69, 9.17) is 14.6 Å². The van der Waals surface area contributed by atoms with E-state index >= 15 is 0 Å². The van der Waals surface area contributed by atoms with Crippen molar-refractivity contribution in [2.45, 2.75) is 32.1 Å². The number of nitrogens with one attached hydrogen (secondary N) is 1. The number of carboxylic acids is 1. The Kier molecular flexibility index (Phi) is 5.43. The molecule has 0 amide bonds. The van der Waals surface area contributed by atoms with Crippen LogP contribution in [0, 0.1) is 0 Å². The summed E-state index contributed by atoms with van der Waals surface area (Å²) in [6, 6.07) is -0.884. The number of carboxylic acid groups (broad SMARTS) is 1. The highest BCUT2D eigenvalue weighted by atomic mass is 32.2. The van der Waals surface area contributed by atoms with E-state index in [0.717, 1.165) is 6.20 Å². The van der Waals surface area contributed by atoms with Crippen LogP contribution in [0.15, 0.2) is 11.8 Å². The van der Waals surface area contributed by atoms with E-state index in [-0.39, 0.29) is 5.57 Å². The van der Waals surface area contributed by atoms with Crippen LogP contribution in [-0.4, -0.2) is 46.9 Å². The molecule has 0 bridgehead atoms. The van der Waals surface area contributed by atoms with Gasteiger partial charge in [0.2, 0.25) is 0 Å². The van der Waals surface area contributed by atoms with Gasteiger partial charge in [-0.2, -0.15) is 11.8 Å². The van der Waals surface area contributed by atoms with Crippen LogP contribution in [0.5, 0.6) is 0 Å². The summed E-state index contributed by atoms with van der Waals surface area (Å²) < 4.78 is 9.78. The van der Waals surface area contributed by atoms with Gasteiger partial charge in [0, 0.05) is 20.0 Å². The highest BCUT2D eigenvalue weighted by molar-refractivity contribution is 7.98. The Bertz CT molecular complexity index is 423. The van der Waals surface area contributed by atoms with Gasteiger partial charge in [-0.15, -0.1) is 0 Å². The standard InChI is InChI=1S/C12H17NO6S/c1-12(2)18-10(16)7(11(17)19-12)6-13-8(9(14)15)4-5-20-3/h6,8,13H,4-5H2,1-3H3,(H,14,15)/t8-/m1/s1. The molecule has 0 aliphatic carbocycles. The summed E-state index contributed by atoms with van der Waals surface area (Å²) in [5, 5.41) is 11.5. The molecular weight excluding hydrogens is 286 g/mol. The molecular formula is C12H17NO6S. The van der Waals surface area contributed by atoms with E-state index in [1.54, 1.807) is 0 Å². The highest BCUT2D eigenvalue weighted by Gasteiger charge is 2.39. The van der Waals surface area contributed by atoms with Crippen LogP contribution < -0.4 is 5.32 Å².